The summed E-state index contributed by atoms with van der Waals surface area (Å²) < 4.78 is 101. The second-order valence-corrected chi connectivity index (χ2v) is 6.11. The third-order valence-electron chi connectivity index (χ3n) is 2.99. The molecule has 0 spiro atoms. The van der Waals surface area contributed by atoms with Crippen LogP contribution in [-0.2, 0) is 10.1 Å². The lowest BCUT2D eigenvalue weighted by Crippen LogP contribution is -2.61. The lowest BCUT2D eigenvalue weighted by Gasteiger charge is -2.34. The summed E-state index contributed by atoms with van der Waals surface area (Å²) >= 11 is 0. The minimum Gasteiger partial charge on any atom is -0.285 e. The van der Waals surface area contributed by atoms with Gasteiger partial charge in [0.25, 0.3) is 14.9 Å². The van der Waals surface area contributed by atoms with Crippen molar-refractivity contribution in [3.63, 3.8) is 0 Å². The fraction of sp³-hybridized carbons (Fsp3) is 1.00. The molecule has 0 aromatic carbocycles. The third-order valence-corrected chi connectivity index (χ3v) is 4.54. The molecule has 1 N–H and O–H groups in total. The van der Waals surface area contributed by atoms with Gasteiger partial charge in [0.05, 0.1) is 0 Å². The second kappa shape index (κ2) is 6.50. The Balaban J connectivity index is 5.37. The number of alkyl halides is 6. The van der Waals surface area contributed by atoms with Crippen molar-refractivity contribution in [3.05, 3.63) is 0 Å². The molecule has 0 aliphatic heterocycles. The van der Waals surface area contributed by atoms with Gasteiger partial charge < -0.3 is 0 Å². The van der Waals surface area contributed by atoms with Crippen LogP contribution in [0.2, 0.25) is 0 Å². The van der Waals surface area contributed by atoms with Gasteiger partial charge in [0, 0.05) is 0 Å². The van der Waals surface area contributed by atoms with E-state index in [9.17, 15) is 34.8 Å². The lowest BCUT2D eigenvalue weighted by molar-refractivity contribution is -0.270. The van der Waals surface area contributed by atoms with E-state index < -0.39 is 40.1 Å². The average Bonchev–Trinajstić information content (AvgIpc) is 2.17. The molecule has 0 fully saturated rings. The highest BCUT2D eigenvalue weighted by molar-refractivity contribution is 7.87. The largest absolute Gasteiger partial charge is 0.419 e. The van der Waals surface area contributed by atoms with Crippen LogP contribution in [0.15, 0.2) is 0 Å². The van der Waals surface area contributed by atoms with Gasteiger partial charge in [-0.15, -0.1) is 0 Å². The van der Waals surface area contributed by atoms with E-state index in [1.807, 2.05) is 0 Å². The Morgan fingerprint density at radius 1 is 0.850 bits per heavy atom. The predicted molar refractivity (Wildman–Crippen MR) is 59.8 cm³/mol. The topological polar surface area (TPSA) is 54.4 Å². The summed E-state index contributed by atoms with van der Waals surface area (Å²) in [5.74, 6) is 0. The van der Waals surface area contributed by atoms with E-state index in [1.54, 1.807) is 6.92 Å². The van der Waals surface area contributed by atoms with Gasteiger partial charge >= 0.3 is 12.4 Å². The minimum atomic E-state index is -6.38. The molecule has 122 valence electrons. The molecular weight excluding hydrogens is 314 g/mol. The van der Waals surface area contributed by atoms with Crippen LogP contribution in [0.1, 0.15) is 45.4 Å². The van der Waals surface area contributed by atoms with Gasteiger partial charge in [0.1, 0.15) is 0 Å². The quantitative estimate of drug-likeness (QED) is 0.434. The van der Waals surface area contributed by atoms with Crippen LogP contribution in [0.25, 0.3) is 0 Å². The normalized spacial score (nSPS) is 14.6. The van der Waals surface area contributed by atoms with Crippen molar-refractivity contribution in [1.82, 2.24) is 0 Å². The van der Waals surface area contributed by atoms with Crippen molar-refractivity contribution < 1.29 is 39.3 Å². The van der Waals surface area contributed by atoms with Crippen molar-refractivity contribution in [3.8, 4) is 0 Å². The molecule has 0 aliphatic rings. The van der Waals surface area contributed by atoms with Crippen LogP contribution in [0.5, 0.6) is 0 Å². The first-order valence-corrected chi connectivity index (χ1v) is 7.35. The molecule has 20 heavy (non-hydrogen) atoms. The van der Waals surface area contributed by atoms with E-state index in [-0.39, 0.29) is 6.42 Å². The molecule has 0 radical (unpaired) electrons. The number of hydrogen-bond acceptors (Lipinski definition) is 2. The lowest BCUT2D eigenvalue weighted by atomic mass is 9.98. The Kier molecular flexibility index (Phi) is 6.34. The third kappa shape index (κ3) is 4.00. The number of hydrogen-bond donors (Lipinski definition) is 1. The van der Waals surface area contributed by atoms with E-state index in [0.717, 1.165) is 6.42 Å². The van der Waals surface area contributed by atoms with Crippen molar-refractivity contribution in [1.29, 1.82) is 0 Å². The highest BCUT2D eigenvalue weighted by Crippen LogP contribution is 2.51. The Labute approximate surface area is 113 Å². The maximum atomic E-state index is 12.7. The van der Waals surface area contributed by atoms with Crippen LogP contribution in [0.4, 0.5) is 26.3 Å². The highest BCUT2D eigenvalue weighted by Gasteiger charge is 2.77. The molecule has 0 bridgehead atoms. The smallest absolute Gasteiger partial charge is 0.285 e. The zero-order chi connectivity index (χ0) is 16.2. The summed E-state index contributed by atoms with van der Waals surface area (Å²) in [5.41, 5.74) is 0. The molecule has 0 amide bonds. The van der Waals surface area contributed by atoms with Gasteiger partial charge in [0.15, 0.2) is 0 Å². The molecule has 0 saturated heterocycles. The van der Waals surface area contributed by atoms with Crippen LogP contribution in [-0.4, -0.2) is 30.1 Å². The maximum absolute atomic E-state index is 12.7. The molecule has 0 saturated carbocycles. The molecule has 10 heteroatoms. The van der Waals surface area contributed by atoms with Gasteiger partial charge in [0.2, 0.25) is 0 Å². The van der Waals surface area contributed by atoms with E-state index in [0.29, 0.717) is 12.8 Å². The summed E-state index contributed by atoms with van der Waals surface area (Å²) in [6, 6.07) is 0. The summed E-state index contributed by atoms with van der Waals surface area (Å²) in [7, 11) is -6.38. The molecule has 0 heterocycles. The first kappa shape index (κ1) is 19.5. The summed E-state index contributed by atoms with van der Waals surface area (Å²) in [6.07, 6.45) is -12.8. The zero-order valence-corrected chi connectivity index (χ0v) is 11.5. The predicted octanol–water partition coefficient (Wildman–Crippen LogP) is 4.10. The Hall–Kier alpha value is -0.510. The maximum Gasteiger partial charge on any atom is 0.419 e. The molecule has 0 rings (SSSR count). The van der Waals surface area contributed by atoms with E-state index in [4.69, 9.17) is 4.55 Å². The molecule has 0 aromatic heterocycles. The van der Waals surface area contributed by atoms with Crippen molar-refractivity contribution in [2.75, 3.05) is 0 Å². The monoisotopic (exact) mass is 330 g/mol. The fourth-order valence-corrected chi connectivity index (χ4v) is 2.83. The molecule has 3 nitrogen and oxygen atoms in total. The van der Waals surface area contributed by atoms with Gasteiger partial charge in [-0.25, -0.2) is 0 Å². The van der Waals surface area contributed by atoms with Crippen LogP contribution in [0.3, 0.4) is 0 Å². The van der Waals surface area contributed by atoms with Crippen LogP contribution < -0.4 is 0 Å². The fourth-order valence-electron chi connectivity index (χ4n) is 1.84. The van der Waals surface area contributed by atoms with E-state index in [1.165, 1.54) is 0 Å². The Bertz CT molecular complexity index is 384. The van der Waals surface area contributed by atoms with Crippen molar-refractivity contribution >= 4 is 10.1 Å². The number of halogens is 6. The first-order chi connectivity index (χ1) is 8.81. The SMILES string of the molecule is CCCCCCCC(C(F)(F)F)(C(F)(F)F)S(=O)(=O)O. The van der Waals surface area contributed by atoms with Crippen molar-refractivity contribution in [2.24, 2.45) is 0 Å². The second-order valence-electron chi connectivity index (χ2n) is 4.46. The zero-order valence-electron chi connectivity index (χ0n) is 10.7. The van der Waals surface area contributed by atoms with Gasteiger partial charge in [-0.1, -0.05) is 39.0 Å². The van der Waals surface area contributed by atoms with Gasteiger partial charge in [-0.05, 0) is 6.42 Å². The molecule has 0 unspecified atom stereocenters. The van der Waals surface area contributed by atoms with E-state index in [2.05, 4.69) is 0 Å². The Morgan fingerprint density at radius 2 is 1.25 bits per heavy atom. The van der Waals surface area contributed by atoms with Crippen molar-refractivity contribution in [2.45, 2.75) is 62.5 Å². The molecular formula is C10H16F6O3S. The van der Waals surface area contributed by atoms with Crippen LogP contribution >= 0.6 is 0 Å². The summed E-state index contributed by atoms with van der Waals surface area (Å²) in [5, 5.41) is 0. The molecule has 0 aliphatic carbocycles. The number of rotatable bonds is 7. The standard InChI is InChI=1S/C10H16F6O3S/c1-2-3-4-5-6-7-8(9(11,12)13,10(14,15)16)20(17,18)19/h2-7H2,1H3,(H,17,18,19). The molecule has 0 atom stereocenters. The summed E-state index contributed by atoms with van der Waals surface area (Å²) in [6.45, 7) is 1.80. The average molecular weight is 330 g/mol. The van der Waals surface area contributed by atoms with Gasteiger partial charge in [-0.2, -0.15) is 34.8 Å². The number of unbranched alkanes of at least 4 members (excludes halogenated alkanes) is 4. The van der Waals surface area contributed by atoms with Gasteiger partial charge in [-0.3, -0.25) is 4.55 Å². The Morgan fingerprint density at radius 3 is 1.55 bits per heavy atom. The van der Waals surface area contributed by atoms with Crippen LogP contribution in [0, 0.1) is 0 Å². The minimum absolute atomic E-state index is 0.0251. The molecule has 0 aromatic rings. The van der Waals surface area contributed by atoms with E-state index >= 15 is 0 Å². The summed E-state index contributed by atoms with van der Waals surface area (Å²) in [4.78, 5) is 0. The first-order valence-electron chi connectivity index (χ1n) is 5.91. The highest BCUT2D eigenvalue weighted by atomic mass is 32.2.